The van der Waals surface area contributed by atoms with Crippen molar-refractivity contribution in [3.05, 3.63) is 0 Å². The maximum Gasteiger partial charge on any atom is 0.406 e. The van der Waals surface area contributed by atoms with Crippen molar-refractivity contribution in [1.82, 2.24) is 4.90 Å². The largest absolute Gasteiger partial charge is 0.406 e. The van der Waals surface area contributed by atoms with Gasteiger partial charge in [-0.15, -0.1) is 0 Å². The van der Waals surface area contributed by atoms with Crippen LogP contribution in [0.3, 0.4) is 0 Å². The average Bonchev–Trinajstić information content (AvgIpc) is 1.95. The van der Waals surface area contributed by atoms with Crippen LogP contribution in [0.15, 0.2) is 0 Å². The summed E-state index contributed by atoms with van der Waals surface area (Å²) in [5, 5.41) is 0. The highest BCUT2D eigenvalue weighted by molar-refractivity contribution is 5.46. The van der Waals surface area contributed by atoms with Crippen LogP contribution in [0.25, 0.3) is 0 Å². The highest BCUT2D eigenvalue weighted by atomic mass is 19.4. The Morgan fingerprint density at radius 2 is 2.08 bits per heavy atom. The van der Waals surface area contributed by atoms with Gasteiger partial charge in [0.25, 0.3) is 0 Å². The molecule has 0 aliphatic rings. The normalized spacial score (nSPS) is 11.3. The van der Waals surface area contributed by atoms with Gasteiger partial charge in [-0.2, -0.15) is 13.2 Å². The van der Waals surface area contributed by atoms with Crippen molar-refractivity contribution < 1.29 is 22.7 Å². The van der Waals surface area contributed by atoms with E-state index in [2.05, 4.69) is 4.74 Å². The van der Waals surface area contributed by atoms with Crippen LogP contribution in [0.1, 0.15) is 0 Å². The van der Waals surface area contributed by atoms with E-state index in [0.29, 0.717) is 4.90 Å². The lowest BCUT2D eigenvalue weighted by atomic mass is 10.5. The summed E-state index contributed by atoms with van der Waals surface area (Å²) >= 11 is 0. The van der Waals surface area contributed by atoms with Crippen LogP contribution in [0, 0.1) is 0 Å². The van der Waals surface area contributed by atoms with Gasteiger partial charge < -0.3 is 9.64 Å². The Bertz CT molecular complexity index is 137. The summed E-state index contributed by atoms with van der Waals surface area (Å²) < 4.78 is 39.6. The Kier molecular flexibility index (Phi) is 4.65. The molecule has 0 radical (unpaired) electrons. The van der Waals surface area contributed by atoms with Crippen LogP contribution in [0.4, 0.5) is 13.2 Å². The Hall–Kier alpha value is -0.780. The van der Waals surface area contributed by atoms with Gasteiger partial charge in [-0.3, -0.25) is 4.79 Å². The topological polar surface area (TPSA) is 29.5 Å². The second-order valence-corrected chi connectivity index (χ2v) is 2.18. The lowest BCUT2D eigenvalue weighted by Crippen LogP contribution is -2.35. The molecule has 0 rings (SSSR count). The third-order valence-electron chi connectivity index (χ3n) is 1.11. The average molecular weight is 185 g/mol. The van der Waals surface area contributed by atoms with Gasteiger partial charge in [0, 0.05) is 13.7 Å². The molecule has 12 heavy (non-hydrogen) atoms. The van der Waals surface area contributed by atoms with Crippen LogP contribution in [0.5, 0.6) is 0 Å². The molecule has 0 saturated heterocycles. The lowest BCUT2D eigenvalue weighted by Gasteiger charge is -2.18. The molecule has 0 aliphatic carbocycles. The summed E-state index contributed by atoms with van der Waals surface area (Å²) in [6.45, 7) is -1.16. The van der Waals surface area contributed by atoms with E-state index in [1.807, 2.05) is 0 Å². The van der Waals surface area contributed by atoms with Crippen LogP contribution in [-0.4, -0.2) is 44.3 Å². The number of rotatable bonds is 5. The number of ether oxygens (including phenoxy) is 1. The van der Waals surface area contributed by atoms with Crippen molar-refractivity contribution >= 4 is 6.41 Å². The first-order chi connectivity index (χ1) is 5.49. The van der Waals surface area contributed by atoms with E-state index in [4.69, 9.17) is 0 Å². The van der Waals surface area contributed by atoms with E-state index >= 15 is 0 Å². The van der Waals surface area contributed by atoms with Crippen LogP contribution < -0.4 is 0 Å². The molecule has 1 amide bonds. The number of carbonyl (C=O) groups is 1. The zero-order chi connectivity index (χ0) is 9.61. The fourth-order valence-electron chi connectivity index (χ4n) is 0.608. The van der Waals surface area contributed by atoms with E-state index in [0.717, 1.165) is 0 Å². The van der Waals surface area contributed by atoms with Gasteiger partial charge in [0.1, 0.15) is 6.54 Å². The third-order valence-corrected chi connectivity index (χ3v) is 1.11. The van der Waals surface area contributed by atoms with E-state index in [1.54, 1.807) is 0 Å². The van der Waals surface area contributed by atoms with Gasteiger partial charge in [0.2, 0.25) is 6.41 Å². The molecule has 0 bridgehead atoms. The van der Waals surface area contributed by atoms with Crippen LogP contribution in [-0.2, 0) is 9.53 Å². The zero-order valence-electron chi connectivity index (χ0n) is 6.60. The Morgan fingerprint density at radius 1 is 1.50 bits per heavy atom. The first kappa shape index (κ1) is 11.2. The summed E-state index contributed by atoms with van der Waals surface area (Å²) in [6, 6.07) is 0. The minimum atomic E-state index is -4.34. The summed E-state index contributed by atoms with van der Waals surface area (Å²) in [5.74, 6) is 0. The first-order valence-corrected chi connectivity index (χ1v) is 3.24. The van der Waals surface area contributed by atoms with Crippen LogP contribution >= 0.6 is 0 Å². The summed E-state index contributed by atoms with van der Waals surface area (Å²) in [4.78, 5) is 10.7. The fourth-order valence-corrected chi connectivity index (χ4v) is 0.608. The maximum absolute atomic E-state index is 11.7. The summed E-state index contributed by atoms with van der Waals surface area (Å²) in [5.41, 5.74) is 0. The van der Waals surface area contributed by atoms with E-state index < -0.39 is 12.7 Å². The number of methoxy groups -OCH3 is 1. The molecule has 0 saturated carbocycles. The number of nitrogens with zero attached hydrogens (tertiary/aromatic N) is 1. The Labute approximate surface area is 68.1 Å². The minimum Gasteiger partial charge on any atom is -0.383 e. The van der Waals surface area contributed by atoms with Crippen LogP contribution in [0.2, 0.25) is 0 Å². The van der Waals surface area contributed by atoms with Gasteiger partial charge in [-0.1, -0.05) is 0 Å². The molecule has 3 nitrogen and oxygen atoms in total. The smallest absolute Gasteiger partial charge is 0.383 e. The Balaban J connectivity index is 3.75. The maximum atomic E-state index is 11.7. The number of halogens is 3. The zero-order valence-corrected chi connectivity index (χ0v) is 6.60. The van der Waals surface area contributed by atoms with Gasteiger partial charge in [0.05, 0.1) is 6.61 Å². The quantitative estimate of drug-likeness (QED) is 0.588. The molecule has 0 aromatic rings. The fraction of sp³-hybridized carbons (Fsp3) is 0.833. The molecule has 0 heterocycles. The van der Waals surface area contributed by atoms with Crippen molar-refractivity contribution in [2.75, 3.05) is 26.8 Å². The van der Waals surface area contributed by atoms with E-state index in [1.165, 1.54) is 7.11 Å². The minimum absolute atomic E-state index is 0.0422. The van der Waals surface area contributed by atoms with E-state index in [-0.39, 0.29) is 19.6 Å². The molecule has 0 aliphatic heterocycles. The SMILES string of the molecule is COCCN(C=O)CC(F)(F)F. The third kappa shape index (κ3) is 5.96. The second-order valence-electron chi connectivity index (χ2n) is 2.18. The molecule has 0 fully saturated rings. The van der Waals surface area contributed by atoms with Crippen molar-refractivity contribution in [3.63, 3.8) is 0 Å². The van der Waals surface area contributed by atoms with Crippen molar-refractivity contribution in [3.8, 4) is 0 Å². The van der Waals surface area contributed by atoms with Gasteiger partial charge in [-0.05, 0) is 0 Å². The number of hydrogen-bond acceptors (Lipinski definition) is 2. The first-order valence-electron chi connectivity index (χ1n) is 3.24. The molecule has 0 atom stereocenters. The number of hydrogen-bond donors (Lipinski definition) is 0. The molecule has 6 heteroatoms. The van der Waals surface area contributed by atoms with Crippen molar-refractivity contribution in [2.45, 2.75) is 6.18 Å². The molecule has 0 aromatic carbocycles. The lowest BCUT2D eigenvalue weighted by molar-refractivity contribution is -0.154. The molecule has 0 spiro atoms. The van der Waals surface area contributed by atoms with E-state index in [9.17, 15) is 18.0 Å². The predicted molar refractivity (Wildman–Crippen MR) is 35.6 cm³/mol. The summed E-state index contributed by atoms with van der Waals surface area (Å²) in [6.07, 6.45) is -4.18. The molecular formula is C6H10F3NO2. The highest BCUT2D eigenvalue weighted by Crippen LogP contribution is 2.15. The van der Waals surface area contributed by atoms with Crippen molar-refractivity contribution in [1.29, 1.82) is 0 Å². The molecule has 0 aromatic heterocycles. The monoisotopic (exact) mass is 185 g/mol. The number of alkyl halides is 3. The van der Waals surface area contributed by atoms with Gasteiger partial charge in [0.15, 0.2) is 0 Å². The Morgan fingerprint density at radius 3 is 2.42 bits per heavy atom. The molecule has 72 valence electrons. The molecule has 0 unspecified atom stereocenters. The van der Waals surface area contributed by atoms with Crippen molar-refractivity contribution in [2.24, 2.45) is 0 Å². The predicted octanol–water partition coefficient (Wildman–Crippen LogP) is 0.653. The number of amides is 1. The highest BCUT2D eigenvalue weighted by Gasteiger charge is 2.29. The standard InChI is InChI=1S/C6H10F3NO2/c1-12-3-2-10(5-11)4-6(7,8)9/h5H,2-4H2,1H3. The molecular weight excluding hydrogens is 175 g/mol. The molecule has 0 N–H and O–H groups in total. The second kappa shape index (κ2) is 4.97. The van der Waals surface area contributed by atoms with Gasteiger partial charge >= 0.3 is 6.18 Å². The van der Waals surface area contributed by atoms with Gasteiger partial charge in [-0.25, -0.2) is 0 Å². The number of carbonyl (C=O) groups excluding carboxylic acids is 1. The summed E-state index contributed by atoms with van der Waals surface area (Å²) in [7, 11) is 1.36.